The first-order chi connectivity index (χ1) is 21.2. The molecule has 0 radical (unpaired) electrons. The molecule has 2 aliphatic carbocycles. The monoisotopic (exact) mass is 614 g/mol. The van der Waals surface area contributed by atoms with Crippen LogP contribution < -0.4 is 4.74 Å². The fraction of sp³-hybridized carbons (Fsp3) is 0.667. The number of hydrogen-bond acceptors (Lipinski definition) is 8. The molecular formula is C36H54O8. The summed E-state index contributed by atoms with van der Waals surface area (Å²) in [5.74, 6) is 1.76. The van der Waals surface area contributed by atoms with Crippen molar-refractivity contribution in [2.75, 3.05) is 26.4 Å². The van der Waals surface area contributed by atoms with Crippen molar-refractivity contribution < 1.29 is 39.1 Å². The molecule has 3 N–H and O–H groups in total. The van der Waals surface area contributed by atoms with Gasteiger partial charge in [-0.05, 0) is 80.4 Å². The predicted molar refractivity (Wildman–Crippen MR) is 170 cm³/mol. The maximum atomic E-state index is 13.0. The molecule has 0 bridgehead atoms. The highest BCUT2D eigenvalue weighted by atomic mass is 16.6. The molecule has 0 spiro atoms. The van der Waals surface area contributed by atoms with Crippen molar-refractivity contribution in [2.45, 2.75) is 103 Å². The minimum atomic E-state index is -1.33. The van der Waals surface area contributed by atoms with E-state index < -0.39 is 25.5 Å². The summed E-state index contributed by atoms with van der Waals surface area (Å²) in [6.45, 7) is 8.54. The fourth-order valence-electron chi connectivity index (χ4n) is 6.68. The lowest BCUT2D eigenvalue weighted by atomic mass is 9.68. The van der Waals surface area contributed by atoms with E-state index >= 15 is 0 Å². The molecule has 8 nitrogen and oxygen atoms in total. The summed E-state index contributed by atoms with van der Waals surface area (Å²) in [4.78, 5) is 24.9. The Morgan fingerprint density at radius 1 is 0.909 bits per heavy atom. The first kappa shape index (κ1) is 36.0. The number of carbonyl (C=O) groups is 2. The van der Waals surface area contributed by atoms with Gasteiger partial charge in [-0.1, -0.05) is 70.7 Å². The molecule has 8 heteroatoms. The van der Waals surface area contributed by atoms with Gasteiger partial charge in [0.15, 0.2) is 6.29 Å². The number of carbonyl (C=O) groups excluding carboxylic acids is 2. The molecule has 2 unspecified atom stereocenters. The molecule has 2 atom stereocenters. The van der Waals surface area contributed by atoms with Crippen molar-refractivity contribution in [2.24, 2.45) is 23.7 Å². The Bertz CT molecular complexity index is 1030. The molecule has 246 valence electrons. The first-order valence-electron chi connectivity index (χ1n) is 16.6. The zero-order chi connectivity index (χ0) is 31.9. The van der Waals surface area contributed by atoms with Crippen molar-refractivity contribution in [3.8, 4) is 5.75 Å². The first-order valence-corrected chi connectivity index (χ1v) is 16.6. The Balaban J connectivity index is 1.48. The minimum absolute atomic E-state index is 0.0348. The van der Waals surface area contributed by atoms with Gasteiger partial charge >= 0.3 is 11.9 Å². The molecule has 0 aromatic heterocycles. The molecule has 44 heavy (non-hydrogen) atoms. The van der Waals surface area contributed by atoms with Crippen LogP contribution in [0.5, 0.6) is 5.75 Å². The third kappa shape index (κ3) is 11.4. The number of aliphatic hydroxyl groups is 3. The number of unbranched alkanes of at least 4 members (excludes halogenated alkanes) is 2. The van der Waals surface area contributed by atoms with Crippen LogP contribution in [0.15, 0.2) is 48.6 Å². The van der Waals surface area contributed by atoms with Crippen molar-refractivity contribution in [1.29, 1.82) is 0 Å². The molecule has 0 heterocycles. The van der Waals surface area contributed by atoms with Gasteiger partial charge in [0.05, 0.1) is 37.9 Å². The maximum absolute atomic E-state index is 13.0. The van der Waals surface area contributed by atoms with E-state index in [0.29, 0.717) is 12.2 Å². The minimum Gasteiger partial charge on any atom is -0.462 e. The Kier molecular flexibility index (Phi) is 15.6. The molecule has 2 fully saturated rings. The van der Waals surface area contributed by atoms with Crippen molar-refractivity contribution in [1.82, 2.24) is 0 Å². The van der Waals surface area contributed by atoms with Crippen LogP contribution >= 0.6 is 0 Å². The number of ether oxygens (including phenoxy) is 3. The van der Waals surface area contributed by atoms with E-state index in [1.807, 2.05) is 12.1 Å². The summed E-state index contributed by atoms with van der Waals surface area (Å²) >= 11 is 0. The predicted octanol–water partition coefficient (Wildman–Crippen LogP) is 6.23. The Morgan fingerprint density at radius 2 is 1.55 bits per heavy atom. The van der Waals surface area contributed by atoms with E-state index in [-0.39, 0.29) is 42.2 Å². The highest BCUT2D eigenvalue weighted by molar-refractivity contribution is 5.87. The van der Waals surface area contributed by atoms with E-state index in [2.05, 4.69) is 20.1 Å². The van der Waals surface area contributed by atoms with E-state index in [1.54, 1.807) is 12.1 Å². The van der Waals surface area contributed by atoms with Crippen molar-refractivity contribution in [3.63, 3.8) is 0 Å². The Labute approximate surface area is 263 Å². The number of aliphatic hydroxyl groups excluding tert-OH is 3. The summed E-state index contributed by atoms with van der Waals surface area (Å²) in [7, 11) is 0. The van der Waals surface area contributed by atoms with Gasteiger partial charge in [-0.2, -0.15) is 0 Å². The average Bonchev–Trinajstić information content (AvgIpc) is 3.06. The van der Waals surface area contributed by atoms with Crippen LogP contribution in [0, 0.1) is 23.7 Å². The highest BCUT2D eigenvalue weighted by Gasteiger charge is 2.33. The van der Waals surface area contributed by atoms with Crippen LogP contribution in [0.2, 0.25) is 0 Å². The van der Waals surface area contributed by atoms with Crippen LogP contribution in [0.25, 0.3) is 0 Å². The SMILES string of the molecule is C=C(CO)C(=O)OCCC(COC(O)C(=C)CO)c1ccc(OC(=O)C2CCC(C3CCC(CCCCC)CC3)CC2)cc1. The number of hydrogen-bond donors (Lipinski definition) is 3. The van der Waals surface area contributed by atoms with Crippen molar-refractivity contribution >= 4 is 11.9 Å². The van der Waals surface area contributed by atoms with E-state index in [4.69, 9.17) is 19.3 Å². The highest BCUT2D eigenvalue weighted by Crippen LogP contribution is 2.42. The summed E-state index contributed by atoms with van der Waals surface area (Å²) in [6.07, 6.45) is 13.9. The van der Waals surface area contributed by atoms with Crippen molar-refractivity contribution in [3.05, 3.63) is 54.1 Å². The zero-order valence-electron chi connectivity index (χ0n) is 26.6. The van der Waals surface area contributed by atoms with Crippen LogP contribution in [0.1, 0.15) is 102 Å². The Hall–Kier alpha value is -2.52. The lowest BCUT2D eigenvalue weighted by molar-refractivity contribution is -0.141. The second-order valence-electron chi connectivity index (χ2n) is 12.8. The topological polar surface area (TPSA) is 123 Å². The van der Waals surface area contributed by atoms with Gasteiger partial charge in [-0.15, -0.1) is 0 Å². The molecule has 0 saturated heterocycles. The van der Waals surface area contributed by atoms with E-state index in [1.165, 1.54) is 51.4 Å². The third-order valence-electron chi connectivity index (χ3n) is 9.64. The van der Waals surface area contributed by atoms with Gasteiger partial charge < -0.3 is 29.5 Å². The van der Waals surface area contributed by atoms with Gasteiger partial charge in [0.25, 0.3) is 0 Å². The molecule has 3 rings (SSSR count). The van der Waals surface area contributed by atoms with Gasteiger partial charge in [0.2, 0.25) is 0 Å². The normalized spacial score (nSPS) is 23.4. The summed E-state index contributed by atoms with van der Waals surface area (Å²) in [5, 5.41) is 28.4. The molecule has 1 aromatic carbocycles. The standard InChI is InChI=1S/C36H54O8/c1-4-5-6-7-27-8-10-28(11-9-27)29-12-14-31(15-13-29)36(41)44-33-18-16-30(17-19-33)32(24-43-35(40)26(3)23-38)20-21-42-34(39)25(2)22-37/h16-19,27-29,31-32,35,37-38,40H,2-15,20-24H2,1H3. The van der Waals surface area contributed by atoms with E-state index in [9.17, 15) is 19.8 Å². The zero-order valence-corrected chi connectivity index (χ0v) is 26.6. The summed E-state index contributed by atoms with van der Waals surface area (Å²) in [5.41, 5.74) is 0.938. The largest absolute Gasteiger partial charge is 0.462 e. The Morgan fingerprint density at radius 3 is 2.14 bits per heavy atom. The second-order valence-corrected chi connectivity index (χ2v) is 12.8. The maximum Gasteiger partial charge on any atom is 0.335 e. The molecule has 2 saturated carbocycles. The van der Waals surface area contributed by atoms with Gasteiger partial charge in [-0.25, -0.2) is 4.79 Å². The number of rotatable bonds is 18. The third-order valence-corrected chi connectivity index (χ3v) is 9.64. The van der Waals surface area contributed by atoms with Gasteiger partial charge in [0, 0.05) is 11.5 Å². The number of esters is 2. The molecule has 0 amide bonds. The summed E-state index contributed by atoms with van der Waals surface area (Å²) in [6, 6.07) is 7.14. The average molecular weight is 615 g/mol. The van der Waals surface area contributed by atoms with Crippen LogP contribution in [-0.4, -0.2) is 60.0 Å². The fourth-order valence-corrected chi connectivity index (χ4v) is 6.68. The van der Waals surface area contributed by atoms with Crippen LogP contribution in [-0.2, 0) is 19.1 Å². The molecule has 0 aliphatic heterocycles. The van der Waals surface area contributed by atoms with E-state index in [0.717, 1.165) is 49.0 Å². The van der Waals surface area contributed by atoms with Crippen LogP contribution in [0.3, 0.4) is 0 Å². The smallest absolute Gasteiger partial charge is 0.335 e. The molecular weight excluding hydrogens is 560 g/mol. The van der Waals surface area contributed by atoms with Gasteiger partial charge in [0.1, 0.15) is 5.75 Å². The quantitative estimate of drug-likeness (QED) is 0.0444. The lowest BCUT2D eigenvalue weighted by Crippen LogP contribution is -2.30. The van der Waals surface area contributed by atoms with Gasteiger partial charge in [-0.3, -0.25) is 4.79 Å². The molecule has 1 aromatic rings. The lowest BCUT2D eigenvalue weighted by Gasteiger charge is -2.37. The molecule has 2 aliphatic rings. The number of benzene rings is 1. The second kappa shape index (κ2) is 19.1. The van der Waals surface area contributed by atoms with Crippen LogP contribution in [0.4, 0.5) is 0 Å². The summed E-state index contributed by atoms with van der Waals surface area (Å²) < 4.78 is 16.5.